The molecule has 24 heavy (non-hydrogen) atoms. The maximum absolute atomic E-state index is 10.4. The zero-order valence-corrected chi connectivity index (χ0v) is 17.2. The molecular weight excluding hydrogens is 417 g/mol. The van der Waals surface area contributed by atoms with Crippen LogP contribution in [0.1, 0.15) is 45.4 Å². The second-order valence-electron chi connectivity index (χ2n) is 8.34. The Hall–Kier alpha value is -0.0800. The second-order valence-corrected chi connectivity index (χ2v) is 8.34. The SMILES string of the molecule is CN=C(NCC1(C)CCCCC1O)N1CC2C3CCC(O3)C2C1.I. The zero-order chi connectivity index (χ0) is 16.0. The van der Waals surface area contributed by atoms with Gasteiger partial charge in [-0.05, 0) is 25.7 Å². The molecule has 138 valence electrons. The second kappa shape index (κ2) is 7.27. The highest BCUT2D eigenvalue weighted by Crippen LogP contribution is 2.47. The maximum atomic E-state index is 10.4. The minimum absolute atomic E-state index is 0. The lowest BCUT2D eigenvalue weighted by Gasteiger charge is -2.39. The van der Waals surface area contributed by atoms with Crippen molar-refractivity contribution in [2.24, 2.45) is 22.2 Å². The summed E-state index contributed by atoms with van der Waals surface area (Å²) in [6.45, 7) is 5.18. The summed E-state index contributed by atoms with van der Waals surface area (Å²) < 4.78 is 6.07. The Morgan fingerprint density at radius 1 is 1.21 bits per heavy atom. The van der Waals surface area contributed by atoms with Gasteiger partial charge in [0.2, 0.25) is 0 Å². The number of hydrogen-bond acceptors (Lipinski definition) is 3. The molecule has 4 fully saturated rings. The lowest BCUT2D eigenvalue weighted by molar-refractivity contribution is 0.00362. The molecule has 0 aromatic heterocycles. The number of aliphatic hydroxyl groups is 1. The first-order valence-corrected chi connectivity index (χ1v) is 9.40. The molecule has 2 bridgehead atoms. The molecule has 0 radical (unpaired) electrons. The molecule has 6 atom stereocenters. The van der Waals surface area contributed by atoms with E-state index >= 15 is 0 Å². The van der Waals surface area contributed by atoms with Crippen LogP contribution in [-0.4, -0.2) is 61.0 Å². The highest BCUT2D eigenvalue weighted by Gasteiger charge is 2.53. The molecule has 0 aromatic carbocycles. The Morgan fingerprint density at radius 3 is 2.46 bits per heavy atom. The number of halogens is 1. The third-order valence-electron chi connectivity index (χ3n) is 6.89. The van der Waals surface area contributed by atoms with Crippen molar-refractivity contribution in [3.05, 3.63) is 0 Å². The average molecular weight is 449 g/mol. The van der Waals surface area contributed by atoms with Gasteiger partial charge in [-0.25, -0.2) is 0 Å². The smallest absolute Gasteiger partial charge is 0.193 e. The van der Waals surface area contributed by atoms with Crippen LogP contribution in [0.15, 0.2) is 4.99 Å². The van der Waals surface area contributed by atoms with Crippen LogP contribution in [0.5, 0.6) is 0 Å². The zero-order valence-electron chi connectivity index (χ0n) is 14.9. The Morgan fingerprint density at radius 2 is 1.88 bits per heavy atom. The number of likely N-dealkylation sites (tertiary alicyclic amines) is 1. The molecular formula is C18H32IN3O2. The summed E-state index contributed by atoms with van der Waals surface area (Å²) in [4.78, 5) is 6.94. The summed E-state index contributed by atoms with van der Waals surface area (Å²) in [6.07, 6.45) is 7.70. The molecule has 5 nitrogen and oxygen atoms in total. The minimum atomic E-state index is -0.191. The van der Waals surface area contributed by atoms with Crippen LogP contribution in [0.25, 0.3) is 0 Å². The number of ether oxygens (including phenoxy) is 1. The van der Waals surface area contributed by atoms with E-state index in [2.05, 4.69) is 22.1 Å². The van der Waals surface area contributed by atoms with Gasteiger partial charge in [-0.2, -0.15) is 0 Å². The first-order chi connectivity index (χ1) is 11.1. The van der Waals surface area contributed by atoms with Gasteiger partial charge in [0.25, 0.3) is 0 Å². The van der Waals surface area contributed by atoms with Crippen LogP contribution >= 0.6 is 24.0 Å². The minimum Gasteiger partial charge on any atom is -0.392 e. The highest BCUT2D eigenvalue weighted by atomic mass is 127. The number of rotatable bonds is 2. The van der Waals surface area contributed by atoms with Crippen molar-refractivity contribution in [1.82, 2.24) is 10.2 Å². The first kappa shape index (κ1) is 18.7. The molecule has 1 aliphatic carbocycles. The van der Waals surface area contributed by atoms with E-state index in [1.807, 2.05) is 7.05 Å². The van der Waals surface area contributed by atoms with Crippen molar-refractivity contribution < 1.29 is 9.84 Å². The van der Waals surface area contributed by atoms with E-state index in [1.54, 1.807) is 0 Å². The Bertz CT molecular complexity index is 471. The van der Waals surface area contributed by atoms with Gasteiger partial charge in [-0.1, -0.05) is 19.8 Å². The number of aliphatic hydroxyl groups excluding tert-OH is 1. The molecule has 3 heterocycles. The van der Waals surface area contributed by atoms with Gasteiger partial charge in [0.05, 0.1) is 18.3 Å². The van der Waals surface area contributed by atoms with Gasteiger partial charge in [-0.3, -0.25) is 4.99 Å². The van der Waals surface area contributed by atoms with Gasteiger partial charge in [-0.15, -0.1) is 24.0 Å². The fourth-order valence-electron chi connectivity index (χ4n) is 5.33. The van der Waals surface area contributed by atoms with Crippen molar-refractivity contribution >= 4 is 29.9 Å². The lowest BCUT2D eigenvalue weighted by Crippen LogP contribution is -2.49. The molecule has 4 rings (SSSR count). The molecule has 2 N–H and O–H groups in total. The van der Waals surface area contributed by atoms with Gasteiger partial charge >= 0.3 is 0 Å². The quantitative estimate of drug-likeness (QED) is 0.386. The van der Waals surface area contributed by atoms with Crippen molar-refractivity contribution in [1.29, 1.82) is 0 Å². The first-order valence-electron chi connectivity index (χ1n) is 9.40. The van der Waals surface area contributed by atoms with E-state index in [0.717, 1.165) is 44.9 Å². The van der Waals surface area contributed by atoms with E-state index < -0.39 is 0 Å². The summed E-state index contributed by atoms with van der Waals surface area (Å²) in [5.74, 6) is 2.41. The van der Waals surface area contributed by atoms with Gasteiger partial charge in [0.1, 0.15) is 0 Å². The van der Waals surface area contributed by atoms with Crippen LogP contribution in [-0.2, 0) is 4.74 Å². The summed E-state index contributed by atoms with van der Waals surface area (Å²) in [5.41, 5.74) is -0.0219. The van der Waals surface area contributed by atoms with Gasteiger partial charge < -0.3 is 20.1 Å². The maximum Gasteiger partial charge on any atom is 0.193 e. The molecule has 0 aromatic rings. The molecule has 1 saturated carbocycles. The number of aliphatic imine (C=N–C) groups is 1. The van der Waals surface area contributed by atoms with E-state index in [-0.39, 0.29) is 35.5 Å². The Balaban J connectivity index is 0.00000169. The summed E-state index contributed by atoms with van der Waals surface area (Å²) >= 11 is 0. The largest absolute Gasteiger partial charge is 0.392 e. The molecule has 0 spiro atoms. The topological polar surface area (TPSA) is 57.1 Å². The van der Waals surface area contributed by atoms with Crippen molar-refractivity contribution in [3.8, 4) is 0 Å². The van der Waals surface area contributed by atoms with Gasteiger partial charge in [0, 0.05) is 43.9 Å². The summed E-state index contributed by atoms with van der Waals surface area (Å²) in [6, 6.07) is 0. The Labute approximate surface area is 162 Å². The fraction of sp³-hybridized carbons (Fsp3) is 0.944. The number of guanidine groups is 1. The third-order valence-corrected chi connectivity index (χ3v) is 6.89. The molecule has 3 aliphatic heterocycles. The number of nitrogens with zero attached hydrogens (tertiary/aromatic N) is 2. The van der Waals surface area contributed by atoms with E-state index in [9.17, 15) is 5.11 Å². The average Bonchev–Trinajstić information content (AvgIpc) is 3.23. The molecule has 6 unspecified atom stereocenters. The number of fused-ring (bicyclic) bond motifs is 5. The third kappa shape index (κ3) is 3.18. The van der Waals surface area contributed by atoms with E-state index in [1.165, 1.54) is 19.3 Å². The number of hydrogen-bond donors (Lipinski definition) is 2. The lowest BCUT2D eigenvalue weighted by atomic mass is 9.73. The molecule has 3 saturated heterocycles. The van der Waals surface area contributed by atoms with Crippen LogP contribution < -0.4 is 5.32 Å². The Kier molecular flexibility index (Phi) is 5.67. The normalized spacial score (nSPS) is 44.4. The monoisotopic (exact) mass is 449 g/mol. The van der Waals surface area contributed by atoms with Crippen LogP contribution in [0.4, 0.5) is 0 Å². The molecule has 4 aliphatic rings. The van der Waals surface area contributed by atoms with Gasteiger partial charge in [0.15, 0.2) is 5.96 Å². The summed E-state index contributed by atoms with van der Waals surface area (Å²) in [7, 11) is 1.88. The van der Waals surface area contributed by atoms with Crippen LogP contribution in [0, 0.1) is 17.3 Å². The predicted octanol–water partition coefficient (Wildman–Crippen LogP) is 2.23. The van der Waals surface area contributed by atoms with E-state index in [4.69, 9.17) is 4.74 Å². The van der Waals surface area contributed by atoms with Crippen molar-refractivity contribution in [3.63, 3.8) is 0 Å². The highest BCUT2D eigenvalue weighted by molar-refractivity contribution is 14.0. The standard InChI is InChI=1S/C18H31N3O2.HI/c1-18(8-4-3-5-16(18)22)11-20-17(19-2)21-9-12-13(10-21)15-7-6-14(12)23-15;/h12-16,22H,3-11H2,1-2H3,(H,19,20);1H. The van der Waals surface area contributed by atoms with Crippen molar-refractivity contribution in [2.75, 3.05) is 26.7 Å². The van der Waals surface area contributed by atoms with Crippen LogP contribution in [0.2, 0.25) is 0 Å². The summed E-state index contributed by atoms with van der Waals surface area (Å²) in [5, 5.41) is 13.9. The fourth-order valence-corrected chi connectivity index (χ4v) is 5.33. The molecule has 0 amide bonds. The molecule has 6 heteroatoms. The number of nitrogens with one attached hydrogen (secondary N) is 1. The predicted molar refractivity (Wildman–Crippen MR) is 106 cm³/mol. The van der Waals surface area contributed by atoms with Crippen molar-refractivity contribution in [2.45, 2.75) is 63.8 Å². The van der Waals surface area contributed by atoms with Crippen LogP contribution in [0.3, 0.4) is 0 Å². The van der Waals surface area contributed by atoms with E-state index in [0.29, 0.717) is 24.0 Å².